The molecule has 0 N–H and O–H groups in total. The van der Waals surface area contributed by atoms with Crippen LogP contribution in [0.4, 0.5) is 4.39 Å². The average Bonchev–Trinajstić information content (AvgIpc) is 2.37. The second kappa shape index (κ2) is 4.79. The highest BCUT2D eigenvalue weighted by atomic mass is 79.9. The van der Waals surface area contributed by atoms with Crippen LogP contribution < -0.4 is 4.74 Å². The van der Waals surface area contributed by atoms with E-state index < -0.39 is 5.82 Å². The van der Waals surface area contributed by atoms with E-state index in [1.54, 1.807) is 18.2 Å². The summed E-state index contributed by atoms with van der Waals surface area (Å²) < 4.78 is 18.7. The van der Waals surface area contributed by atoms with Gasteiger partial charge in [-0.2, -0.15) is 0 Å². The van der Waals surface area contributed by atoms with E-state index in [1.807, 2.05) is 0 Å². The minimum absolute atomic E-state index is 0.0470. The summed E-state index contributed by atoms with van der Waals surface area (Å²) in [4.78, 5) is 15.6. The van der Waals surface area contributed by atoms with Gasteiger partial charge in [-0.3, -0.25) is 9.78 Å². The van der Waals surface area contributed by atoms with Gasteiger partial charge in [0.1, 0.15) is 5.75 Å². The van der Waals surface area contributed by atoms with Gasteiger partial charge in [-0.1, -0.05) is 15.9 Å². The van der Waals surface area contributed by atoms with Gasteiger partial charge in [-0.05, 0) is 18.2 Å². The standard InChI is InChI=1S/C12H9BrFNO2/c1-17-7-2-3-10-8(4-7)12(11(16)5-13)9(14)6-15-10/h2-4,6H,5H2,1H3. The zero-order valence-electron chi connectivity index (χ0n) is 9.04. The normalized spacial score (nSPS) is 10.5. The Morgan fingerprint density at radius 3 is 2.94 bits per heavy atom. The number of carbonyl (C=O) groups excluding carboxylic acids is 1. The van der Waals surface area contributed by atoms with Crippen LogP contribution in [-0.2, 0) is 0 Å². The van der Waals surface area contributed by atoms with E-state index in [-0.39, 0.29) is 16.7 Å². The van der Waals surface area contributed by atoms with Crippen LogP contribution in [0.2, 0.25) is 0 Å². The van der Waals surface area contributed by atoms with Crippen molar-refractivity contribution in [1.82, 2.24) is 4.98 Å². The van der Waals surface area contributed by atoms with E-state index in [2.05, 4.69) is 20.9 Å². The largest absolute Gasteiger partial charge is 0.497 e. The predicted molar refractivity (Wildman–Crippen MR) is 66.4 cm³/mol. The van der Waals surface area contributed by atoms with Gasteiger partial charge in [0.2, 0.25) is 0 Å². The van der Waals surface area contributed by atoms with Crippen LogP contribution in [0.1, 0.15) is 10.4 Å². The Labute approximate surface area is 106 Å². The quantitative estimate of drug-likeness (QED) is 0.646. The Morgan fingerprint density at radius 1 is 1.53 bits per heavy atom. The first kappa shape index (κ1) is 12.0. The lowest BCUT2D eigenvalue weighted by molar-refractivity contribution is 0.102. The first-order valence-corrected chi connectivity index (χ1v) is 6.01. The van der Waals surface area contributed by atoms with Gasteiger partial charge in [0.15, 0.2) is 11.6 Å². The number of halogens is 2. The number of fused-ring (bicyclic) bond motifs is 1. The summed E-state index contributed by atoms with van der Waals surface area (Å²) in [6.45, 7) is 0. The fourth-order valence-electron chi connectivity index (χ4n) is 1.62. The predicted octanol–water partition coefficient (Wildman–Crippen LogP) is 2.96. The number of alkyl halides is 1. The molecule has 17 heavy (non-hydrogen) atoms. The van der Waals surface area contributed by atoms with Crippen LogP contribution in [0.5, 0.6) is 5.75 Å². The van der Waals surface area contributed by atoms with Crippen LogP contribution in [0.25, 0.3) is 10.9 Å². The molecule has 88 valence electrons. The molecule has 0 bridgehead atoms. The van der Waals surface area contributed by atoms with Crippen LogP contribution in [0.15, 0.2) is 24.4 Å². The molecule has 0 spiro atoms. The van der Waals surface area contributed by atoms with E-state index in [0.29, 0.717) is 16.7 Å². The molecule has 0 saturated heterocycles. The van der Waals surface area contributed by atoms with Crippen LogP contribution in [-0.4, -0.2) is 23.2 Å². The maximum Gasteiger partial charge on any atom is 0.177 e. The maximum atomic E-state index is 13.6. The van der Waals surface area contributed by atoms with E-state index >= 15 is 0 Å². The van der Waals surface area contributed by atoms with Gasteiger partial charge < -0.3 is 4.74 Å². The number of hydrogen-bond donors (Lipinski definition) is 0. The molecule has 0 aliphatic heterocycles. The molecular weight excluding hydrogens is 289 g/mol. The minimum atomic E-state index is -0.616. The Balaban J connectivity index is 2.77. The zero-order chi connectivity index (χ0) is 12.4. The highest BCUT2D eigenvalue weighted by molar-refractivity contribution is 9.09. The average molecular weight is 298 g/mol. The third kappa shape index (κ3) is 2.15. The van der Waals surface area contributed by atoms with Gasteiger partial charge in [0.05, 0.1) is 29.7 Å². The van der Waals surface area contributed by atoms with Crippen molar-refractivity contribution in [2.75, 3.05) is 12.4 Å². The first-order chi connectivity index (χ1) is 8.17. The third-order valence-corrected chi connectivity index (χ3v) is 2.94. The number of benzene rings is 1. The molecule has 2 aromatic rings. The molecule has 0 aliphatic carbocycles. The number of methoxy groups -OCH3 is 1. The molecule has 0 aliphatic rings. The monoisotopic (exact) mass is 297 g/mol. The molecule has 3 nitrogen and oxygen atoms in total. The van der Waals surface area contributed by atoms with Crippen LogP contribution in [0.3, 0.4) is 0 Å². The first-order valence-electron chi connectivity index (χ1n) is 4.88. The summed E-state index contributed by atoms with van der Waals surface area (Å²) in [6, 6.07) is 5.02. The highest BCUT2D eigenvalue weighted by Crippen LogP contribution is 2.25. The second-order valence-corrected chi connectivity index (χ2v) is 3.98. The number of ether oxygens (including phenoxy) is 1. The highest BCUT2D eigenvalue weighted by Gasteiger charge is 2.16. The molecule has 0 fully saturated rings. The molecule has 0 radical (unpaired) electrons. The summed E-state index contributed by atoms with van der Waals surface area (Å²) in [7, 11) is 1.51. The number of nitrogens with zero attached hydrogens (tertiary/aromatic N) is 1. The van der Waals surface area contributed by atoms with Gasteiger partial charge in [0, 0.05) is 5.39 Å². The third-order valence-electron chi connectivity index (χ3n) is 2.43. The number of carbonyl (C=O) groups is 1. The fraction of sp³-hybridized carbons (Fsp3) is 0.167. The molecular formula is C12H9BrFNO2. The van der Waals surface area contributed by atoms with Gasteiger partial charge >= 0.3 is 0 Å². The van der Waals surface area contributed by atoms with Crippen molar-refractivity contribution in [3.8, 4) is 5.75 Å². The van der Waals surface area contributed by atoms with Crippen LogP contribution in [0, 0.1) is 5.82 Å². The Bertz CT molecular complexity index is 586. The Kier molecular flexibility index (Phi) is 3.38. The Hall–Kier alpha value is -1.49. The number of pyridine rings is 1. The number of rotatable bonds is 3. The topological polar surface area (TPSA) is 39.2 Å². The summed E-state index contributed by atoms with van der Waals surface area (Å²) in [5.41, 5.74) is 0.613. The smallest absolute Gasteiger partial charge is 0.177 e. The van der Waals surface area contributed by atoms with Crippen molar-refractivity contribution in [2.24, 2.45) is 0 Å². The molecule has 2 rings (SSSR count). The van der Waals surface area contributed by atoms with Gasteiger partial charge in [-0.15, -0.1) is 0 Å². The van der Waals surface area contributed by atoms with E-state index in [9.17, 15) is 9.18 Å². The van der Waals surface area contributed by atoms with E-state index in [1.165, 1.54) is 7.11 Å². The lowest BCUT2D eigenvalue weighted by atomic mass is 10.1. The lowest BCUT2D eigenvalue weighted by Gasteiger charge is -2.07. The molecule has 0 unspecified atom stereocenters. The lowest BCUT2D eigenvalue weighted by Crippen LogP contribution is -2.05. The number of Topliss-reactive ketones (excluding diaryl/α,β-unsaturated/α-hetero) is 1. The Morgan fingerprint density at radius 2 is 2.29 bits per heavy atom. The van der Waals surface area contributed by atoms with Crippen molar-refractivity contribution < 1.29 is 13.9 Å². The van der Waals surface area contributed by atoms with E-state index in [0.717, 1.165) is 6.20 Å². The SMILES string of the molecule is COc1ccc2ncc(F)c(C(=O)CBr)c2c1. The molecule has 0 atom stereocenters. The minimum Gasteiger partial charge on any atom is -0.497 e. The summed E-state index contributed by atoms with van der Waals surface area (Å²) >= 11 is 3.04. The molecule has 0 saturated carbocycles. The van der Waals surface area contributed by atoms with Crippen molar-refractivity contribution in [2.45, 2.75) is 0 Å². The number of hydrogen-bond acceptors (Lipinski definition) is 3. The van der Waals surface area contributed by atoms with Crippen molar-refractivity contribution in [3.63, 3.8) is 0 Å². The van der Waals surface area contributed by atoms with Crippen molar-refractivity contribution in [3.05, 3.63) is 35.8 Å². The molecule has 5 heteroatoms. The molecule has 1 heterocycles. The molecule has 1 aromatic heterocycles. The zero-order valence-corrected chi connectivity index (χ0v) is 10.6. The van der Waals surface area contributed by atoms with Gasteiger partial charge in [0.25, 0.3) is 0 Å². The maximum absolute atomic E-state index is 13.6. The number of ketones is 1. The van der Waals surface area contributed by atoms with Crippen LogP contribution >= 0.6 is 15.9 Å². The second-order valence-electron chi connectivity index (χ2n) is 3.42. The van der Waals surface area contributed by atoms with Gasteiger partial charge in [-0.25, -0.2) is 4.39 Å². The summed E-state index contributed by atoms with van der Waals surface area (Å²) in [5, 5.41) is 0.536. The van der Waals surface area contributed by atoms with Crippen molar-refractivity contribution in [1.29, 1.82) is 0 Å². The summed E-state index contributed by atoms with van der Waals surface area (Å²) in [6.07, 6.45) is 1.06. The van der Waals surface area contributed by atoms with Crippen molar-refractivity contribution >= 4 is 32.6 Å². The number of aromatic nitrogens is 1. The molecule has 0 amide bonds. The summed E-state index contributed by atoms with van der Waals surface area (Å²) in [5.74, 6) is -0.369. The fourth-order valence-corrected chi connectivity index (χ4v) is 1.90. The molecule has 1 aromatic carbocycles. The van der Waals surface area contributed by atoms with E-state index in [4.69, 9.17) is 4.74 Å².